The lowest BCUT2D eigenvalue weighted by atomic mass is 9.93. The standard InChI is InChI=1S/C18H25N3O2/c22-17-6-2-1-5-16(17)20-18(23)19-13-14-7-9-15(10-8-14)21-11-3-4-12-21/h3-4,7-10,16-17,22H,1-2,5-6,11-13H2,(H2,19,20,23). The minimum Gasteiger partial charge on any atom is -0.391 e. The first-order valence-electron chi connectivity index (χ1n) is 8.44. The molecular weight excluding hydrogens is 290 g/mol. The van der Waals surface area contributed by atoms with Gasteiger partial charge in [0.15, 0.2) is 0 Å². The monoisotopic (exact) mass is 315 g/mol. The predicted octanol–water partition coefficient (Wildman–Crippen LogP) is 2.17. The molecule has 1 heterocycles. The molecule has 2 amide bonds. The predicted molar refractivity (Wildman–Crippen MR) is 91.4 cm³/mol. The van der Waals surface area contributed by atoms with Crippen LogP contribution in [-0.4, -0.2) is 36.4 Å². The highest BCUT2D eigenvalue weighted by atomic mass is 16.3. The van der Waals surface area contributed by atoms with Crippen molar-refractivity contribution in [1.29, 1.82) is 0 Å². The van der Waals surface area contributed by atoms with Gasteiger partial charge in [-0.2, -0.15) is 0 Å². The van der Waals surface area contributed by atoms with Crippen molar-refractivity contribution in [3.63, 3.8) is 0 Å². The number of urea groups is 1. The van der Waals surface area contributed by atoms with E-state index in [1.807, 2.05) is 12.1 Å². The summed E-state index contributed by atoms with van der Waals surface area (Å²) < 4.78 is 0. The Morgan fingerprint density at radius 2 is 1.83 bits per heavy atom. The number of nitrogens with one attached hydrogen (secondary N) is 2. The first-order valence-corrected chi connectivity index (χ1v) is 8.44. The van der Waals surface area contributed by atoms with E-state index in [4.69, 9.17) is 0 Å². The number of carbonyl (C=O) groups is 1. The van der Waals surface area contributed by atoms with Gasteiger partial charge in [0.05, 0.1) is 12.1 Å². The molecule has 1 aliphatic carbocycles. The summed E-state index contributed by atoms with van der Waals surface area (Å²) in [6, 6.07) is 7.95. The molecule has 1 saturated carbocycles. The summed E-state index contributed by atoms with van der Waals surface area (Å²) in [5.74, 6) is 0. The van der Waals surface area contributed by atoms with Crippen molar-refractivity contribution in [2.75, 3.05) is 18.0 Å². The summed E-state index contributed by atoms with van der Waals surface area (Å²) in [7, 11) is 0. The van der Waals surface area contributed by atoms with Crippen LogP contribution in [0.25, 0.3) is 0 Å². The van der Waals surface area contributed by atoms with Crippen LogP contribution in [0.1, 0.15) is 31.2 Å². The summed E-state index contributed by atoms with van der Waals surface area (Å²) in [5.41, 5.74) is 2.27. The lowest BCUT2D eigenvalue weighted by molar-refractivity contribution is 0.0943. The van der Waals surface area contributed by atoms with Gasteiger partial charge in [0, 0.05) is 25.3 Å². The maximum Gasteiger partial charge on any atom is 0.315 e. The van der Waals surface area contributed by atoms with Crippen LogP contribution < -0.4 is 15.5 Å². The Bertz CT molecular complexity index is 548. The number of aliphatic hydroxyl groups excluding tert-OH is 1. The normalized spacial score (nSPS) is 23.8. The van der Waals surface area contributed by atoms with Crippen molar-refractivity contribution in [2.45, 2.75) is 44.4 Å². The maximum atomic E-state index is 12.0. The molecule has 1 aliphatic heterocycles. The van der Waals surface area contributed by atoms with Gasteiger partial charge in [-0.25, -0.2) is 4.79 Å². The fourth-order valence-corrected chi connectivity index (χ4v) is 3.19. The van der Waals surface area contributed by atoms with Crippen LogP contribution in [0.15, 0.2) is 36.4 Å². The Morgan fingerprint density at radius 1 is 1.13 bits per heavy atom. The zero-order valence-corrected chi connectivity index (χ0v) is 13.4. The van der Waals surface area contributed by atoms with Crippen LogP contribution in [0.4, 0.5) is 10.5 Å². The molecule has 5 heteroatoms. The summed E-state index contributed by atoms with van der Waals surface area (Å²) in [4.78, 5) is 14.2. The number of anilines is 1. The second-order valence-corrected chi connectivity index (χ2v) is 6.33. The van der Waals surface area contributed by atoms with Crippen LogP contribution in [-0.2, 0) is 6.54 Å². The van der Waals surface area contributed by atoms with Gasteiger partial charge in [-0.1, -0.05) is 37.1 Å². The molecule has 0 saturated heterocycles. The quantitative estimate of drug-likeness (QED) is 0.746. The lowest BCUT2D eigenvalue weighted by Crippen LogP contribution is -2.48. The van der Waals surface area contributed by atoms with Crippen molar-refractivity contribution >= 4 is 11.7 Å². The Morgan fingerprint density at radius 3 is 2.52 bits per heavy atom. The largest absolute Gasteiger partial charge is 0.391 e. The molecule has 3 rings (SSSR count). The molecule has 1 aromatic rings. The van der Waals surface area contributed by atoms with Gasteiger partial charge in [-0.3, -0.25) is 0 Å². The fraction of sp³-hybridized carbons (Fsp3) is 0.500. The van der Waals surface area contributed by atoms with Gasteiger partial charge in [0.2, 0.25) is 0 Å². The van der Waals surface area contributed by atoms with Gasteiger partial charge in [0.25, 0.3) is 0 Å². The zero-order chi connectivity index (χ0) is 16.1. The van der Waals surface area contributed by atoms with Gasteiger partial charge in [0.1, 0.15) is 0 Å². The summed E-state index contributed by atoms with van der Waals surface area (Å²) >= 11 is 0. The number of rotatable bonds is 4. The SMILES string of the molecule is O=C(NCc1ccc(N2CC=CC2)cc1)NC1CCCCC1O. The molecule has 23 heavy (non-hydrogen) atoms. The Balaban J connectivity index is 1.45. The highest BCUT2D eigenvalue weighted by Gasteiger charge is 2.24. The van der Waals surface area contributed by atoms with E-state index < -0.39 is 6.10 Å². The van der Waals surface area contributed by atoms with Crippen molar-refractivity contribution in [3.8, 4) is 0 Å². The molecule has 3 N–H and O–H groups in total. The number of benzene rings is 1. The first kappa shape index (κ1) is 15.9. The molecule has 124 valence electrons. The van der Waals surface area contributed by atoms with E-state index in [0.717, 1.165) is 44.3 Å². The molecule has 2 aliphatic rings. The first-order chi connectivity index (χ1) is 11.2. The highest BCUT2D eigenvalue weighted by molar-refractivity contribution is 5.74. The molecule has 0 radical (unpaired) electrons. The third-order valence-corrected chi connectivity index (χ3v) is 4.62. The number of hydrogen-bond acceptors (Lipinski definition) is 3. The van der Waals surface area contributed by atoms with Gasteiger partial charge < -0.3 is 20.6 Å². The third-order valence-electron chi connectivity index (χ3n) is 4.62. The summed E-state index contributed by atoms with van der Waals surface area (Å²) in [6.07, 6.45) is 7.65. The number of hydrogen-bond donors (Lipinski definition) is 3. The average Bonchev–Trinajstić information content (AvgIpc) is 3.10. The number of amides is 2. The molecule has 2 unspecified atom stereocenters. The molecule has 0 aromatic heterocycles. The third kappa shape index (κ3) is 4.26. The second-order valence-electron chi connectivity index (χ2n) is 6.33. The van der Waals surface area contributed by atoms with Crippen LogP contribution in [0.3, 0.4) is 0 Å². The fourth-order valence-electron chi connectivity index (χ4n) is 3.19. The van der Waals surface area contributed by atoms with E-state index in [1.54, 1.807) is 0 Å². The van der Waals surface area contributed by atoms with Crippen LogP contribution in [0, 0.1) is 0 Å². The zero-order valence-electron chi connectivity index (χ0n) is 13.4. The van der Waals surface area contributed by atoms with E-state index in [9.17, 15) is 9.90 Å². The number of carbonyl (C=O) groups excluding carboxylic acids is 1. The van der Waals surface area contributed by atoms with Crippen molar-refractivity contribution in [1.82, 2.24) is 10.6 Å². The van der Waals surface area contributed by atoms with E-state index in [0.29, 0.717) is 6.54 Å². The van der Waals surface area contributed by atoms with Crippen molar-refractivity contribution in [2.24, 2.45) is 0 Å². The summed E-state index contributed by atoms with van der Waals surface area (Å²) in [5, 5.41) is 15.6. The Hall–Kier alpha value is -2.01. The van der Waals surface area contributed by atoms with Gasteiger partial charge >= 0.3 is 6.03 Å². The van der Waals surface area contributed by atoms with Crippen LogP contribution in [0.5, 0.6) is 0 Å². The number of nitrogens with zero attached hydrogens (tertiary/aromatic N) is 1. The topological polar surface area (TPSA) is 64.6 Å². The number of aliphatic hydroxyl groups is 1. The summed E-state index contributed by atoms with van der Waals surface area (Å²) in [6.45, 7) is 2.42. The molecule has 0 bridgehead atoms. The van der Waals surface area contributed by atoms with Crippen molar-refractivity contribution < 1.29 is 9.90 Å². The van der Waals surface area contributed by atoms with E-state index in [-0.39, 0.29) is 12.1 Å². The lowest BCUT2D eigenvalue weighted by Gasteiger charge is -2.28. The van der Waals surface area contributed by atoms with E-state index >= 15 is 0 Å². The smallest absolute Gasteiger partial charge is 0.315 e. The molecule has 5 nitrogen and oxygen atoms in total. The average molecular weight is 315 g/mol. The van der Waals surface area contributed by atoms with Gasteiger partial charge in [-0.15, -0.1) is 0 Å². The molecule has 0 spiro atoms. The minimum absolute atomic E-state index is 0.117. The minimum atomic E-state index is -0.414. The Kier molecular flexibility index (Phi) is 5.18. The Labute approximate surface area is 137 Å². The maximum absolute atomic E-state index is 12.0. The van der Waals surface area contributed by atoms with E-state index in [1.165, 1.54) is 5.69 Å². The van der Waals surface area contributed by atoms with E-state index in [2.05, 4.69) is 39.8 Å². The molecular formula is C18H25N3O2. The molecule has 1 fully saturated rings. The molecule has 2 atom stereocenters. The second kappa shape index (κ2) is 7.51. The van der Waals surface area contributed by atoms with Crippen molar-refractivity contribution in [3.05, 3.63) is 42.0 Å². The molecule has 1 aromatic carbocycles. The van der Waals surface area contributed by atoms with Crippen LogP contribution >= 0.6 is 0 Å². The van der Waals surface area contributed by atoms with Crippen LogP contribution in [0.2, 0.25) is 0 Å². The highest BCUT2D eigenvalue weighted by Crippen LogP contribution is 2.19. The van der Waals surface area contributed by atoms with Gasteiger partial charge in [-0.05, 0) is 30.5 Å².